The Hall–Kier alpha value is -4.59. The highest BCUT2D eigenvalue weighted by Crippen LogP contribution is 2.42. The zero-order chi connectivity index (χ0) is 35.0. The molecule has 0 bridgehead atoms. The van der Waals surface area contributed by atoms with Gasteiger partial charge in [0.05, 0.1) is 43.2 Å². The third-order valence-electron chi connectivity index (χ3n) is 9.22. The molecule has 11 nitrogen and oxygen atoms in total. The van der Waals surface area contributed by atoms with Crippen molar-refractivity contribution in [2.45, 2.75) is 89.6 Å². The van der Waals surface area contributed by atoms with Gasteiger partial charge in [0.1, 0.15) is 17.4 Å². The summed E-state index contributed by atoms with van der Waals surface area (Å²) in [5, 5.41) is 0. The van der Waals surface area contributed by atoms with Crippen LogP contribution in [0.4, 0.5) is 18.9 Å². The van der Waals surface area contributed by atoms with Crippen molar-refractivity contribution in [3.63, 3.8) is 0 Å². The van der Waals surface area contributed by atoms with Crippen molar-refractivity contribution < 1.29 is 32.2 Å². The molecule has 14 heteroatoms. The molecule has 2 atom stereocenters. The highest BCUT2D eigenvalue weighted by Gasteiger charge is 2.37. The van der Waals surface area contributed by atoms with E-state index in [1.165, 1.54) is 13.2 Å². The lowest BCUT2D eigenvalue weighted by Crippen LogP contribution is -2.43. The lowest BCUT2D eigenvalue weighted by molar-refractivity contribution is -0.141. The molecule has 1 aliphatic heterocycles. The fourth-order valence-electron chi connectivity index (χ4n) is 6.41. The van der Waals surface area contributed by atoms with Gasteiger partial charge in [0, 0.05) is 41.2 Å². The summed E-state index contributed by atoms with van der Waals surface area (Å²) >= 11 is 0. The van der Waals surface area contributed by atoms with Crippen LogP contribution in [0.2, 0.25) is 0 Å². The number of nitrogens with zero attached hydrogens (tertiary/aromatic N) is 5. The number of hydrogen-bond donors (Lipinski definition) is 2. The summed E-state index contributed by atoms with van der Waals surface area (Å²) in [7, 11) is 1.51. The predicted molar refractivity (Wildman–Crippen MR) is 176 cm³/mol. The summed E-state index contributed by atoms with van der Waals surface area (Å²) in [6.07, 6.45) is 0.0780. The van der Waals surface area contributed by atoms with Crippen molar-refractivity contribution in [2.75, 3.05) is 18.6 Å². The second kappa shape index (κ2) is 13.7. The van der Waals surface area contributed by atoms with Gasteiger partial charge in [-0.25, -0.2) is 9.97 Å². The molecule has 0 spiro atoms. The minimum absolute atomic E-state index is 0.0685. The SMILES string of the molecule is COc1nc(CC(N)=O)nc(C)c1-c1ccc(COC2CC2)c(N2CCC(C(=O)N=C(N)c3ccc(C(F)(F)F)nc3C3CC3)CC2C)c1. The number of nitrogens with two attached hydrogens (primary N) is 2. The van der Waals surface area contributed by atoms with Crippen LogP contribution in [-0.2, 0) is 33.5 Å². The summed E-state index contributed by atoms with van der Waals surface area (Å²) in [4.78, 5) is 44.2. The van der Waals surface area contributed by atoms with Crippen molar-refractivity contribution in [3.8, 4) is 17.0 Å². The van der Waals surface area contributed by atoms with Crippen LogP contribution in [0.25, 0.3) is 11.1 Å². The van der Waals surface area contributed by atoms with Gasteiger partial charge in [-0.15, -0.1) is 0 Å². The quantitative estimate of drug-likeness (QED) is 0.210. The van der Waals surface area contributed by atoms with E-state index in [2.05, 4.69) is 30.9 Å². The summed E-state index contributed by atoms with van der Waals surface area (Å²) in [6, 6.07) is 8.13. The number of rotatable bonds is 11. The first kappa shape index (κ1) is 34.3. The number of methoxy groups -OCH3 is 1. The number of benzene rings is 1. The number of halogens is 3. The summed E-state index contributed by atoms with van der Waals surface area (Å²) in [6.45, 7) is 4.85. The predicted octanol–water partition coefficient (Wildman–Crippen LogP) is 5.00. The molecule has 2 unspecified atom stereocenters. The van der Waals surface area contributed by atoms with Gasteiger partial charge >= 0.3 is 6.18 Å². The number of aromatic nitrogens is 3. The molecule has 2 saturated carbocycles. The van der Waals surface area contributed by atoms with Gasteiger partial charge in [-0.3, -0.25) is 9.59 Å². The zero-order valence-corrected chi connectivity index (χ0v) is 27.7. The van der Waals surface area contributed by atoms with Crippen LogP contribution in [0.15, 0.2) is 35.3 Å². The Labute approximate surface area is 282 Å². The van der Waals surface area contributed by atoms with Gasteiger partial charge in [0.15, 0.2) is 0 Å². The Kier molecular flexibility index (Phi) is 9.61. The Morgan fingerprint density at radius 1 is 1.04 bits per heavy atom. The molecular formula is C35H40F3N7O4. The minimum Gasteiger partial charge on any atom is -0.480 e. The Morgan fingerprint density at radius 2 is 1.80 bits per heavy atom. The fraction of sp³-hybridized carbons (Fsp3) is 0.486. The number of aliphatic imine (C=N–C) groups is 1. The first-order valence-electron chi connectivity index (χ1n) is 16.5. The van der Waals surface area contributed by atoms with Gasteiger partial charge in [-0.05, 0) is 76.1 Å². The number of anilines is 1. The minimum atomic E-state index is -4.58. The number of carbonyl (C=O) groups is 2. The van der Waals surface area contributed by atoms with E-state index in [0.29, 0.717) is 56.0 Å². The van der Waals surface area contributed by atoms with Crippen LogP contribution in [0, 0.1) is 12.8 Å². The summed E-state index contributed by atoms with van der Waals surface area (Å²) in [5.74, 6) is -0.976. The first-order valence-corrected chi connectivity index (χ1v) is 16.5. The maximum absolute atomic E-state index is 13.4. The number of amides is 2. The highest BCUT2D eigenvalue weighted by molar-refractivity contribution is 6.05. The molecule has 2 aromatic heterocycles. The second-order valence-corrected chi connectivity index (χ2v) is 13.1. The largest absolute Gasteiger partial charge is 0.480 e. The van der Waals surface area contributed by atoms with E-state index < -0.39 is 29.6 Å². The van der Waals surface area contributed by atoms with Crippen molar-refractivity contribution in [1.82, 2.24) is 15.0 Å². The van der Waals surface area contributed by atoms with E-state index in [1.54, 1.807) is 0 Å². The third kappa shape index (κ3) is 7.85. The van der Waals surface area contributed by atoms with Gasteiger partial charge in [-0.2, -0.15) is 23.1 Å². The molecule has 3 fully saturated rings. The molecule has 1 aromatic carbocycles. The van der Waals surface area contributed by atoms with E-state index in [0.717, 1.165) is 35.7 Å². The average molecular weight is 680 g/mol. The molecule has 3 heterocycles. The monoisotopic (exact) mass is 679 g/mol. The Balaban J connectivity index is 1.24. The molecule has 4 N–H and O–H groups in total. The topological polar surface area (TPSA) is 159 Å². The normalized spacial score (nSPS) is 20.0. The molecule has 6 rings (SSSR count). The van der Waals surface area contributed by atoms with Gasteiger partial charge in [0.2, 0.25) is 11.8 Å². The van der Waals surface area contributed by atoms with Crippen LogP contribution in [-0.4, -0.2) is 58.4 Å². The Bertz CT molecular complexity index is 1790. The fourth-order valence-corrected chi connectivity index (χ4v) is 6.41. The molecule has 3 aromatic rings. The number of primary amides is 1. The van der Waals surface area contributed by atoms with Gasteiger partial charge in [0.25, 0.3) is 5.91 Å². The highest BCUT2D eigenvalue weighted by atomic mass is 19.4. The van der Waals surface area contributed by atoms with Crippen LogP contribution in [0.1, 0.15) is 85.4 Å². The number of alkyl halides is 3. The number of piperidine rings is 1. The molecule has 49 heavy (non-hydrogen) atoms. The van der Waals surface area contributed by atoms with Crippen LogP contribution >= 0.6 is 0 Å². The van der Waals surface area contributed by atoms with Crippen molar-refractivity contribution in [1.29, 1.82) is 0 Å². The second-order valence-electron chi connectivity index (χ2n) is 13.1. The van der Waals surface area contributed by atoms with E-state index in [4.69, 9.17) is 20.9 Å². The van der Waals surface area contributed by atoms with Crippen LogP contribution in [0.5, 0.6) is 5.88 Å². The zero-order valence-electron chi connectivity index (χ0n) is 27.7. The van der Waals surface area contributed by atoms with Gasteiger partial charge in [-0.1, -0.05) is 12.1 Å². The molecule has 2 aliphatic carbocycles. The average Bonchev–Trinajstić information content (AvgIpc) is 3.98. The van der Waals surface area contributed by atoms with Crippen molar-refractivity contribution in [3.05, 3.63) is 64.4 Å². The van der Waals surface area contributed by atoms with E-state index in [-0.39, 0.29) is 47.4 Å². The molecule has 0 radical (unpaired) electrons. The maximum atomic E-state index is 13.4. The summed E-state index contributed by atoms with van der Waals surface area (Å²) < 4.78 is 51.7. The van der Waals surface area contributed by atoms with E-state index in [1.807, 2.05) is 26.0 Å². The molecule has 260 valence electrons. The maximum Gasteiger partial charge on any atom is 0.433 e. The third-order valence-corrected chi connectivity index (χ3v) is 9.22. The summed E-state index contributed by atoms with van der Waals surface area (Å²) in [5.41, 5.74) is 15.3. The standard InChI is InChI=1S/C35H40F3N7O4/c1-18-14-22(33(47)44-32(40)25-10-11-27(35(36,37)38)42-31(25)20-4-5-20)12-13-45(18)26-15-21(6-7-23(26)17-49-24-8-9-24)30-19(2)41-29(16-28(39)46)43-34(30)48-3/h6-7,10-11,15,18,20,22,24H,4-5,8-9,12-14,16-17H2,1-3H3,(H2,39,46)(H2,40,44,47). The molecule has 3 aliphatic rings. The van der Waals surface area contributed by atoms with Crippen LogP contribution < -0.4 is 21.1 Å². The van der Waals surface area contributed by atoms with Crippen LogP contribution in [0.3, 0.4) is 0 Å². The van der Waals surface area contributed by atoms with E-state index >= 15 is 0 Å². The lowest BCUT2D eigenvalue weighted by atomic mass is 9.89. The van der Waals surface area contributed by atoms with E-state index in [9.17, 15) is 22.8 Å². The number of carbonyl (C=O) groups excluding carboxylic acids is 2. The number of pyridine rings is 1. The number of ether oxygens (including phenoxy) is 2. The first-order chi connectivity index (χ1) is 23.3. The molecular weight excluding hydrogens is 639 g/mol. The van der Waals surface area contributed by atoms with Crippen molar-refractivity contribution in [2.24, 2.45) is 22.4 Å². The number of aryl methyl sites for hydroxylation is 1. The molecule has 1 saturated heterocycles. The number of amidine groups is 1. The van der Waals surface area contributed by atoms with Crippen molar-refractivity contribution >= 4 is 23.3 Å². The lowest BCUT2D eigenvalue weighted by Gasteiger charge is -2.39. The van der Waals surface area contributed by atoms with Gasteiger partial charge < -0.3 is 25.8 Å². The number of hydrogen-bond acceptors (Lipinski definition) is 8. The molecule has 2 amide bonds. The smallest absolute Gasteiger partial charge is 0.433 e. The Morgan fingerprint density at radius 3 is 2.43 bits per heavy atom.